The number of benzene rings is 2. The van der Waals surface area contributed by atoms with E-state index in [1.54, 1.807) is 12.3 Å². The van der Waals surface area contributed by atoms with Crippen LogP contribution in [0.15, 0.2) is 79.0 Å². The van der Waals surface area contributed by atoms with Crippen LogP contribution in [0.2, 0.25) is 0 Å². The first kappa shape index (κ1) is 18.2. The molecule has 0 saturated carbocycles. The molecular weight excluding hydrogens is 350 g/mol. The Morgan fingerprint density at radius 2 is 1.64 bits per heavy atom. The Balaban J connectivity index is 1.65. The fourth-order valence-corrected chi connectivity index (χ4v) is 3.33. The van der Waals surface area contributed by atoms with Gasteiger partial charge in [-0.05, 0) is 29.8 Å². The number of anilines is 2. The molecule has 0 atom stereocenters. The maximum atomic E-state index is 12.9. The number of ether oxygens (including phenoxy) is 1. The van der Waals surface area contributed by atoms with Crippen molar-refractivity contribution in [2.45, 2.75) is 6.54 Å². The van der Waals surface area contributed by atoms with E-state index in [4.69, 9.17) is 4.74 Å². The summed E-state index contributed by atoms with van der Waals surface area (Å²) in [5.74, 6) is 0.786. The molecule has 1 saturated heterocycles. The van der Waals surface area contributed by atoms with Gasteiger partial charge in [-0.3, -0.25) is 4.79 Å². The number of carbonyl (C=O) groups is 1. The molecule has 3 aromatic rings. The topological polar surface area (TPSA) is 45.7 Å². The van der Waals surface area contributed by atoms with Gasteiger partial charge in [-0.1, -0.05) is 48.5 Å². The molecule has 0 aliphatic carbocycles. The van der Waals surface area contributed by atoms with Crippen molar-refractivity contribution in [1.82, 2.24) is 9.88 Å². The lowest BCUT2D eigenvalue weighted by atomic mass is 10.1. The summed E-state index contributed by atoms with van der Waals surface area (Å²) in [6.45, 7) is 3.11. The van der Waals surface area contributed by atoms with Crippen LogP contribution in [0.25, 0.3) is 0 Å². The second-order valence-electron chi connectivity index (χ2n) is 6.71. The molecule has 28 heavy (non-hydrogen) atoms. The Hall–Kier alpha value is -3.18. The summed E-state index contributed by atoms with van der Waals surface area (Å²) in [6.07, 6.45) is 1.71. The van der Waals surface area contributed by atoms with Gasteiger partial charge < -0.3 is 14.5 Å². The van der Waals surface area contributed by atoms with Crippen molar-refractivity contribution < 1.29 is 9.53 Å². The van der Waals surface area contributed by atoms with Gasteiger partial charge in [-0.15, -0.1) is 0 Å². The highest BCUT2D eigenvalue weighted by molar-refractivity contribution is 5.95. The van der Waals surface area contributed by atoms with Gasteiger partial charge in [0.15, 0.2) is 0 Å². The molecule has 0 unspecified atom stereocenters. The molecule has 0 spiro atoms. The fourth-order valence-electron chi connectivity index (χ4n) is 3.33. The van der Waals surface area contributed by atoms with Crippen molar-refractivity contribution in [2.24, 2.45) is 0 Å². The third-order valence-electron chi connectivity index (χ3n) is 4.82. The van der Waals surface area contributed by atoms with Crippen LogP contribution in [-0.2, 0) is 11.3 Å². The second kappa shape index (κ2) is 8.67. The van der Waals surface area contributed by atoms with Crippen LogP contribution in [0.4, 0.5) is 11.5 Å². The zero-order valence-corrected chi connectivity index (χ0v) is 15.7. The molecule has 2 aromatic carbocycles. The van der Waals surface area contributed by atoms with Gasteiger partial charge in [0, 0.05) is 37.1 Å². The number of rotatable bonds is 5. The third kappa shape index (κ3) is 4.21. The molecule has 0 bridgehead atoms. The number of aromatic nitrogens is 1. The highest BCUT2D eigenvalue weighted by Gasteiger charge is 2.20. The number of hydrogen-bond acceptors (Lipinski definition) is 4. The minimum Gasteiger partial charge on any atom is -0.378 e. The van der Waals surface area contributed by atoms with E-state index in [-0.39, 0.29) is 5.91 Å². The van der Waals surface area contributed by atoms with Crippen LogP contribution in [0.1, 0.15) is 15.9 Å². The third-order valence-corrected chi connectivity index (χ3v) is 4.82. The number of amides is 1. The zero-order chi connectivity index (χ0) is 19.2. The maximum absolute atomic E-state index is 12.9. The number of pyridine rings is 1. The van der Waals surface area contributed by atoms with Crippen molar-refractivity contribution in [2.75, 3.05) is 31.2 Å². The molecule has 5 heteroatoms. The van der Waals surface area contributed by atoms with Crippen LogP contribution >= 0.6 is 0 Å². The van der Waals surface area contributed by atoms with Gasteiger partial charge in [0.1, 0.15) is 5.82 Å². The molecule has 0 N–H and O–H groups in total. The number of morpholine rings is 1. The summed E-state index contributed by atoms with van der Waals surface area (Å²) in [7, 11) is 0. The van der Waals surface area contributed by atoms with Crippen LogP contribution in [0, 0.1) is 0 Å². The Kier molecular flexibility index (Phi) is 5.64. The Morgan fingerprint density at radius 3 is 2.36 bits per heavy atom. The molecule has 1 aliphatic rings. The van der Waals surface area contributed by atoms with E-state index < -0.39 is 0 Å². The SMILES string of the molecule is O=C(c1ccnc(N(Cc2ccccc2)c2ccccc2)c1)N1CCOCC1. The molecule has 0 radical (unpaired) electrons. The average Bonchev–Trinajstić information content (AvgIpc) is 2.79. The Morgan fingerprint density at radius 1 is 0.964 bits per heavy atom. The summed E-state index contributed by atoms with van der Waals surface area (Å²) in [5.41, 5.74) is 2.87. The number of carbonyl (C=O) groups excluding carboxylic acids is 1. The summed E-state index contributed by atoms with van der Waals surface area (Å²) >= 11 is 0. The van der Waals surface area contributed by atoms with E-state index in [2.05, 4.69) is 34.1 Å². The molecule has 1 aliphatic heterocycles. The lowest BCUT2D eigenvalue weighted by Crippen LogP contribution is -2.40. The average molecular weight is 373 g/mol. The van der Waals surface area contributed by atoms with Crippen molar-refractivity contribution >= 4 is 17.4 Å². The first-order chi connectivity index (χ1) is 13.8. The van der Waals surface area contributed by atoms with E-state index in [1.807, 2.05) is 47.4 Å². The van der Waals surface area contributed by atoms with Crippen molar-refractivity contribution in [3.8, 4) is 0 Å². The van der Waals surface area contributed by atoms with Gasteiger partial charge in [-0.25, -0.2) is 4.98 Å². The van der Waals surface area contributed by atoms with Gasteiger partial charge in [0.05, 0.1) is 13.2 Å². The summed E-state index contributed by atoms with van der Waals surface area (Å²) in [6, 6.07) is 24.1. The number of para-hydroxylation sites is 1. The Bertz CT molecular complexity index is 909. The van der Waals surface area contributed by atoms with E-state index in [9.17, 15) is 4.79 Å². The van der Waals surface area contributed by atoms with Gasteiger partial charge in [0.25, 0.3) is 5.91 Å². The smallest absolute Gasteiger partial charge is 0.254 e. The normalized spacial score (nSPS) is 13.9. The first-order valence-corrected chi connectivity index (χ1v) is 9.51. The lowest BCUT2D eigenvalue weighted by molar-refractivity contribution is 0.0303. The number of hydrogen-bond donors (Lipinski definition) is 0. The minimum absolute atomic E-state index is 0.0275. The van der Waals surface area contributed by atoms with Crippen LogP contribution in [-0.4, -0.2) is 42.1 Å². The van der Waals surface area contributed by atoms with E-state index in [0.717, 1.165) is 11.5 Å². The zero-order valence-electron chi connectivity index (χ0n) is 15.7. The summed E-state index contributed by atoms with van der Waals surface area (Å²) in [4.78, 5) is 21.4. The minimum atomic E-state index is 0.0275. The monoisotopic (exact) mass is 373 g/mol. The maximum Gasteiger partial charge on any atom is 0.254 e. The van der Waals surface area contributed by atoms with E-state index >= 15 is 0 Å². The summed E-state index contributed by atoms with van der Waals surface area (Å²) in [5, 5.41) is 0. The molecule has 1 amide bonds. The van der Waals surface area contributed by atoms with Gasteiger partial charge in [-0.2, -0.15) is 0 Å². The Labute approximate surface area is 165 Å². The number of nitrogens with zero attached hydrogens (tertiary/aromatic N) is 3. The molecular formula is C23H23N3O2. The highest BCUT2D eigenvalue weighted by Crippen LogP contribution is 2.26. The van der Waals surface area contributed by atoms with Crippen molar-refractivity contribution in [1.29, 1.82) is 0 Å². The van der Waals surface area contributed by atoms with Crippen molar-refractivity contribution in [3.63, 3.8) is 0 Å². The quantitative estimate of drug-likeness (QED) is 0.681. The standard InChI is InChI=1S/C23H23N3O2/c27-23(25-13-15-28-16-14-25)20-11-12-24-22(17-20)26(21-9-5-2-6-10-21)18-19-7-3-1-4-8-19/h1-12,17H,13-16,18H2. The highest BCUT2D eigenvalue weighted by atomic mass is 16.5. The largest absolute Gasteiger partial charge is 0.378 e. The van der Waals surface area contributed by atoms with Crippen LogP contribution in [0.3, 0.4) is 0 Å². The fraction of sp³-hybridized carbons (Fsp3) is 0.217. The molecule has 4 rings (SSSR count). The molecule has 1 fully saturated rings. The molecule has 2 heterocycles. The second-order valence-corrected chi connectivity index (χ2v) is 6.71. The van der Waals surface area contributed by atoms with Crippen LogP contribution < -0.4 is 4.90 Å². The lowest BCUT2D eigenvalue weighted by Gasteiger charge is -2.28. The van der Waals surface area contributed by atoms with Crippen molar-refractivity contribution in [3.05, 3.63) is 90.1 Å². The van der Waals surface area contributed by atoms with Gasteiger partial charge in [0.2, 0.25) is 0 Å². The molecule has 5 nitrogen and oxygen atoms in total. The molecule has 142 valence electrons. The molecule has 1 aromatic heterocycles. The predicted octanol–water partition coefficient (Wildman–Crippen LogP) is 3.89. The first-order valence-electron chi connectivity index (χ1n) is 9.51. The van der Waals surface area contributed by atoms with Crippen LogP contribution in [0.5, 0.6) is 0 Å². The predicted molar refractivity (Wildman–Crippen MR) is 110 cm³/mol. The van der Waals surface area contributed by atoms with Gasteiger partial charge >= 0.3 is 0 Å². The van der Waals surface area contributed by atoms with E-state index in [0.29, 0.717) is 38.4 Å². The summed E-state index contributed by atoms with van der Waals surface area (Å²) < 4.78 is 5.36. The van der Waals surface area contributed by atoms with E-state index in [1.165, 1.54) is 5.56 Å².